The molecular formula is C21H29N3O2. The SMILES string of the molecule is CN=C(NCCc1ccc(OCc2ccccc2)cc1)NC(C)COC. The first-order chi connectivity index (χ1) is 12.7. The van der Waals surface area contributed by atoms with Crippen LogP contribution in [0.3, 0.4) is 0 Å². The van der Waals surface area contributed by atoms with Crippen LogP contribution in [0.25, 0.3) is 0 Å². The summed E-state index contributed by atoms with van der Waals surface area (Å²) in [6, 6.07) is 18.6. The number of guanidine groups is 1. The first-order valence-electron chi connectivity index (χ1n) is 8.93. The summed E-state index contributed by atoms with van der Waals surface area (Å²) in [5.41, 5.74) is 2.42. The number of rotatable bonds is 9. The smallest absolute Gasteiger partial charge is 0.191 e. The fourth-order valence-electron chi connectivity index (χ4n) is 2.54. The molecule has 2 N–H and O–H groups in total. The Morgan fingerprint density at radius 1 is 1.04 bits per heavy atom. The van der Waals surface area contributed by atoms with E-state index in [2.05, 4.69) is 46.8 Å². The van der Waals surface area contributed by atoms with Gasteiger partial charge in [0.2, 0.25) is 0 Å². The number of methoxy groups -OCH3 is 1. The fraction of sp³-hybridized carbons (Fsp3) is 0.381. The van der Waals surface area contributed by atoms with Gasteiger partial charge in [-0.1, -0.05) is 42.5 Å². The monoisotopic (exact) mass is 355 g/mol. The number of hydrogen-bond donors (Lipinski definition) is 2. The Hall–Kier alpha value is -2.53. The maximum absolute atomic E-state index is 5.82. The summed E-state index contributed by atoms with van der Waals surface area (Å²) in [7, 11) is 3.47. The van der Waals surface area contributed by atoms with E-state index in [0.717, 1.165) is 24.7 Å². The summed E-state index contributed by atoms with van der Waals surface area (Å²) in [6.07, 6.45) is 0.915. The van der Waals surface area contributed by atoms with Crippen molar-refractivity contribution in [1.29, 1.82) is 0 Å². The zero-order valence-corrected chi connectivity index (χ0v) is 15.9. The highest BCUT2D eigenvalue weighted by Gasteiger charge is 2.04. The second kappa shape index (κ2) is 11.2. The molecular weight excluding hydrogens is 326 g/mol. The van der Waals surface area contributed by atoms with E-state index in [-0.39, 0.29) is 6.04 Å². The highest BCUT2D eigenvalue weighted by molar-refractivity contribution is 5.79. The molecule has 0 bridgehead atoms. The molecule has 26 heavy (non-hydrogen) atoms. The van der Waals surface area contributed by atoms with Crippen LogP contribution in [0.4, 0.5) is 0 Å². The fourth-order valence-corrected chi connectivity index (χ4v) is 2.54. The maximum atomic E-state index is 5.82. The lowest BCUT2D eigenvalue weighted by Crippen LogP contribution is -2.44. The zero-order valence-electron chi connectivity index (χ0n) is 15.9. The third kappa shape index (κ3) is 7.15. The van der Waals surface area contributed by atoms with Crippen molar-refractivity contribution in [2.24, 2.45) is 4.99 Å². The van der Waals surface area contributed by atoms with Crippen molar-refractivity contribution < 1.29 is 9.47 Å². The van der Waals surface area contributed by atoms with Gasteiger partial charge in [-0.15, -0.1) is 0 Å². The van der Waals surface area contributed by atoms with Crippen LogP contribution < -0.4 is 15.4 Å². The normalized spacial score (nSPS) is 12.5. The molecule has 1 unspecified atom stereocenters. The first kappa shape index (κ1) is 19.8. The Labute approximate surface area is 156 Å². The van der Waals surface area contributed by atoms with E-state index in [1.165, 1.54) is 11.1 Å². The Balaban J connectivity index is 1.73. The van der Waals surface area contributed by atoms with Gasteiger partial charge >= 0.3 is 0 Å². The summed E-state index contributed by atoms with van der Waals surface area (Å²) >= 11 is 0. The molecule has 0 spiro atoms. The van der Waals surface area contributed by atoms with Gasteiger partial charge in [0.25, 0.3) is 0 Å². The predicted molar refractivity (Wildman–Crippen MR) is 107 cm³/mol. The Kier molecular flexibility index (Phi) is 8.49. The number of benzene rings is 2. The highest BCUT2D eigenvalue weighted by atomic mass is 16.5. The topological polar surface area (TPSA) is 54.9 Å². The predicted octanol–water partition coefficient (Wildman–Crippen LogP) is 3.01. The van der Waals surface area contributed by atoms with Crippen molar-refractivity contribution in [3.8, 4) is 5.75 Å². The third-order valence-electron chi connectivity index (χ3n) is 3.90. The lowest BCUT2D eigenvalue weighted by molar-refractivity contribution is 0.179. The molecule has 140 valence electrons. The van der Waals surface area contributed by atoms with E-state index in [0.29, 0.717) is 13.2 Å². The van der Waals surface area contributed by atoms with Crippen molar-refractivity contribution in [1.82, 2.24) is 10.6 Å². The van der Waals surface area contributed by atoms with E-state index in [1.807, 2.05) is 30.3 Å². The van der Waals surface area contributed by atoms with Crippen LogP contribution in [0.5, 0.6) is 5.75 Å². The van der Waals surface area contributed by atoms with Crippen LogP contribution in [0, 0.1) is 0 Å². The number of aliphatic imine (C=N–C) groups is 1. The summed E-state index contributed by atoms with van der Waals surface area (Å²) in [4.78, 5) is 4.23. The second-order valence-electron chi connectivity index (χ2n) is 6.17. The summed E-state index contributed by atoms with van der Waals surface area (Å²) in [5.74, 6) is 1.67. The van der Waals surface area contributed by atoms with Crippen molar-refractivity contribution in [2.45, 2.75) is 26.0 Å². The summed E-state index contributed by atoms with van der Waals surface area (Å²) in [6.45, 7) is 4.10. The summed E-state index contributed by atoms with van der Waals surface area (Å²) < 4.78 is 10.9. The Morgan fingerprint density at radius 3 is 2.42 bits per heavy atom. The highest BCUT2D eigenvalue weighted by Crippen LogP contribution is 2.14. The van der Waals surface area contributed by atoms with Crippen LogP contribution in [0.1, 0.15) is 18.1 Å². The molecule has 5 heteroatoms. The number of ether oxygens (including phenoxy) is 2. The van der Waals surface area contributed by atoms with Gasteiger partial charge in [-0.05, 0) is 36.6 Å². The molecule has 1 atom stereocenters. The molecule has 0 saturated carbocycles. The van der Waals surface area contributed by atoms with Crippen LogP contribution in [-0.2, 0) is 17.8 Å². The van der Waals surface area contributed by atoms with Gasteiger partial charge in [0.15, 0.2) is 5.96 Å². The molecule has 0 aromatic heterocycles. The zero-order chi connectivity index (χ0) is 18.6. The first-order valence-corrected chi connectivity index (χ1v) is 8.93. The molecule has 0 amide bonds. The molecule has 0 fully saturated rings. The lowest BCUT2D eigenvalue weighted by Gasteiger charge is -2.17. The van der Waals surface area contributed by atoms with Crippen molar-refractivity contribution in [3.63, 3.8) is 0 Å². The van der Waals surface area contributed by atoms with E-state index >= 15 is 0 Å². The van der Waals surface area contributed by atoms with E-state index < -0.39 is 0 Å². The van der Waals surface area contributed by atoms with Crippen molar-refractivity contribution >= 4 is 5.96 Å². The molecule has 2 aromatic carbocycles. The lowest BCUT2D eigenvalue weighted by atomic mass is 10.1. The third-order valence-corrected chi connectivity index (χ3v) is 3.90. The largest absolute Gasteiger partial charge is 0.489 e. The minimum atomic E-state index is 0.215. The average Bonchev–Trinajstić information content (AvgIpc) is 2.67. The Morgan fingerprint density at radius 2 is 1.77 bits per heavy atom. The molecule has 0 heterocycles. The van der Waals surface area contributed by atoms with Gasteiger partial charge < -0.3 is 20.1 Å². The van der Waals surface area contributed by atoms with Gasteiger partial charge in [0.1, 0.15) is 12.4 Å². The van der Waals surface area contributed by atoms with Gasteiger partial charge in [-0.3, -0.25) is 4.99 Å². The standard InChI is InChI=1S/C21H29N3O2/c1-17(15-25-3)24-21(22-2)23-14-13-18-9-11-20(12-10-18)26-16-19-7-5-4-6-8-19/h4-12,17H,13-16H2,1-3H3,(H2,22,23,24). The van der Waals surface area contributed by atoms with Gasteiger partial charge in [-0.2, -0.15) is 0 Å². The molecule has 0 aliphatic heterocycles. The second-order valence-corrected chi connectivity index (χ2v) is 6.17. The molecule has 2 rings (SSSR count). The average molecular weight is 355 g/mol. The quantitative estimate of drug-likeness (QED) is 0.536. The van der Waals surface area contributed by atoms with Crippen LogP contribution in [0.2, 0.25) is 0 Å². The molecule has 5 nitrogen and oxygen atoms in total. The van der Waals surface area contributed by atoms with Crippen molar-refractivity contribution in [3.05, 3.63) is 65.7 Å². The number of nitrogens with zero attached hydrogens (tertiary/aromatic N) is 1. The van der Waals surface area contributed by atoms with Crippen LogP contribution in [-0.4, -0.2) is 39.3 Å². The Bertz CT molecular complexity index is 657. The summed E-state index contributed by atoms with van der Waals surface area (Å²) in [5, 5.41) is 6.61. The van der Waals surface area contributed by atoms with Gasteiger partial charge in [0.05, 0.1) is 6.61 Å². The molecule has 0 aliphatic rings. The van der Waals surface area contributed by atoms with Crippen LogP contribution >= 0.6 is 0 Å². The van der Waals surface area contributed by atoms with Crippen molar-refractivity contribution in [2.75, 3.05) is 27.3 Å². The minimum Gasteiger partial charge on any atom is -0.489 e. The van der Waals surface area contributed by atoms with E-state index in [1.54, 1.807) is 14.2 Å². The molecule has 0 radical (unpaired) electrons. The van der Waals surface area contributed by atoms with Gasteiger partial charge in [0, 0.05) is 26.7 Å². The minimum absolute atomic E-state index is 0.215. The number of nitrogens with one attached hydrogen (secondary N) is 2. The van der Waals surface area contributed by atoms with Gasteiger partial charge in [-0.25, -0.2) is 0 Å². The molecule has 2 aromatic rings. The molecule has 0 aliphatic carbocycles. The maximum Gasteiger partial charge on any atom is 0.191 e. The van der Waals surface area contributed by atoms with E-state index in [9.17, 15) is 0 Å². The van der Waals surface area contributed by atoms with Crippen LogP contribution in [0.15, 0.2) is 59.6 Å². The molecule has 0 saturated heterocycles. The van der Waals surface area contributed by atoms with E-state index in [4.69, 9.17) is 9.47 Å². The number of hydrogen-bond acceptors (Lipinski definition) is 3.